The zero-order valence-electron chi connectivity index (χ0n) is 5.11. The van der Waals surface area contributed by atoms with Crippen LogP contribution in [0.15, 0.2) is 0 Å². The van der Waals surface area contributed by atoms with Crippen LogP contribution in [0.3, 0.4) is 0 Å². The van der Waals surface area contributed by atoms with Crippen molar-refractivity contribution in [2.24, 2.45) is 5.73 Å². The van der Waals surface area contributed by atoms with Crippen molar-refractivity contribution in [3.05, 3.63) is 0 Å². The van der Waals surface area contributed by atoms with Gasteiger partial charge in [-0.25, -0.2) is 4.79 Å². The number of halogens is 3. The molecule has 0 radical (unpaired) electrons. The van der Waals surface area contributed by atoms with Gasteiger partial charge in [-0.1, -0.05) is 0 Å². The van der Waals surface area contributed by atoms with Crippen LogP contribution in [0.5, 0.6) is 0 Å². The van der Waals surface area contributed by atoms with E-state index in [1.165, 1.54) is 0 Å². The molecule has 0 heterocycles. The summed E-state index contributed by atoms with van der Waals surface area (Å²) < 4.78 is 38.1. The van der Waals surface area contributed by atoms with E-state index in [9.17, 15) is 18.0 Å². The highest BCUT2D eigenvalue weighted by Gasteiger charge is 2.38. The highest BCUT2D eigenvalue weighted by molar-refractivity contribution is 5.64. The van der Waals surface area contributed by atoms with Crippen molar-refractivity contribution in [3.63, 3.8) is 0 Å². The van der Waals surface area contributed by atoms with Crippen molar-refractivity contribution >= 4 is 6.09 Å². The predicted molar refractivity (Wildman–Crippen MR) is 26.2 cm³/mol. The van der Waals surface area contributed by atoms with Crippen molar-refractivity contribution in [2.75, 3.05) is 0 Å². The summed E-state index contributed by atoms with van der Waals surface area (Å²) in [5, 5.41) is 0. The third-order valence-corrected chi connectivity index (χ3v) is 0.754. The molecule has 10 heavy (non-hydrogen) atoms. The number of carbonyl (C=O) groups excluding carboxylic acids is 1. The summed E-state index contributed by atoms with van der Waals surface area (Å²) in [6.45, 7) is 0.699. The van der Waals surface area contributed by atoms with Gasteiger partial charge in [0.1, 0.15) is 0 Å². The second-order valence-corrected chi connectivity index (χ2v) is 1.62. The second kappa shape index (κ2) is 2.76. The minimum atomic E-state index is -4.53. The first-order valence-corrected chi connectivity index (χ1v) is 2.37. The molecule has 0 aromatic heterocycles. The lowest BCUT2D eigenvalue weighted by molar-refractivity contribution is -0.196. The van der Waals surface area contributed by atoms with Crippen molar-refractivity contribution in [1.29, 1.82) is 0 Å². The third-order valence-electron chi connectivity index (χ3n) is 0.754. The lowest BCUT2D eigenvalue weighted by atomic mass is 10.4. The molecule has 1 atom stereocenters. The van der Waals surface area contributed by atoms with E-state index in [1.807, 2.05) is 0 Å². The van der Waals surface area contributed by atoms with Crippen LogP contribution < -0.4 is 5.73 Å². The van der Waals surface area contributed by atoms with E-state index in [1.54, 1.807) is 0 Å². The predicted octanol–water partition coefficient (Wildman–Crippen LogP) is 1.03. The zero-order chi connectivity index (χ0) is 8.36. The first-order chi connectivity index (χ1) is 4.34. The average molecular weight is 157 g/mol. The van der Waals surface area contributed by atoms with Gasteiger partial charge in [-0.15, -0.1) is 0 Å². The number of hydrogen-bond donors (Lipinski definition) is 1. The second-order valence-electron chi connectivity index (χ2n) is 1.62. The summed E-state index contributed by atoms with van der Waals surface area (Å²) in [6.07, 6.45) is -8.09. The first kappa shape index (κ1) is 9.06. The number of primary amides is 1. The summed E-state index contributed by atoms with van der Waals surface area (Å²) in [7, 11) is 0. The maximum Gasteiger partial charge on any atom is 0.425 e. The fourth-order valence-corrected chi connectivity index (χ4v) is 0.241. The Labute approximate surface area is 54.9 Å². The molecule has 60 valence electrons. The van der Waals surface area contributed by atoms with Gasteiger partial charge in [0, 0.05) is 0 Å². The minimum absolute atomic E-state index is 0.699. The molecule has 0 aromatic rings. The average Bonchev–Trinajstić information content (AvgIpc) is 1.60. The molecule has 0 rings (SSSR count). The maximum atomic E-state index is 11.5. The Morgan fingerprint density at radius 2 is 2.00 bits per heavy atom. The Kier molecular flexibility index (Phi) is 2.50. The van der Waals surface area contributed by atoms with Crippen LogP contribution in [0.25, 0.3) is 0 Å². The molecule has 0 saturated carbocycles. The Bertz CT molecular complexity index is 133. The van der Waals surface area contributed by atoms with Gasteiger partial charge in [0.05, 0.1) is 0 Å². The van der Waals surface area contributed by atoms with E-state index in [-0.39, 0.29) is 0 Å². The molecule has 0 spiro atoms. The molecular weight excluding hydrogens is 151 g/mol. The van der Waals surface area contributed by atoms with Gasteiger partial charge >= 0.3 is 12.3 Å². The van der Waals surface area contributed by atoms with Crippen molar-refractivity contribution in [1.82, 2.24) is 0 Å². The molecular formula is C4H6F3NO2. The smallest absolute Gasteiger partial charge is 0.425 e. The van der Waals surface area contributed by atoms with Gasteiger partial charge < -0.3 is 10.5 Å². The third kappa shape index (κ3) is 3.16. The minimum Gasteiger partial charge on any atom is -0.437 e. The van der Waals surface area contributed by atoms with Gasteiger partial charge in [0.2, 0.25) is 0 Å². The van der Waals surface area contributed by atoms with E-state index < -0.39 is 18.4 Å². The number of hydrogen-bond acceptors (Lipinski definition) is 2. The van der Waals surface area contributed by atoms with Gasteiger partial charge in [-0.2, -0.15) is 13.2 Å². The summed E-state index contributed by atoms with van der Waals surface area (Å²) in [6, 6.07) is 0. The van der Waals surface area contributed by atoms with Crippen LogP contribution in [0, 0.1) is 0 Å². The monoisotopic (exact) mass is 157 g/mol. The van der Waals surface area contributed by atoms with Crippen molar-refractivity contribution in [2.45, 2.75) is 19.2 Å². The van der Waals surface area contributed by atoms with Crippen LogP contribution in [-0.2, 0) is 4.74 Å². The van der Waals surface area contributed by atoms with Gasteiger partial charge in [-0.05, 0) is 6.92 Å². The quantitative estimate of drug-likeness (QED) is 0.618. The molecule has 1 amide bonds. The van der Waals surface area contributed by atoms with Crippen molar-refractivity contribution in [3.8, 4) is 0 Å². The molecule has 3 nitrogen and oxygen atoms in total. The first-order valence-electron chi connectivity index (χ1n) is 2.37. The highest BCUT2D eigenvalue weighted by Crippen LogP contribution is 2.21. The van der Waals surface area contributed by atoms with Gasteiger partial charge in [-0.3, -0.25) is 0 Å². The fraction of sp³-hybridized carbons (Fsp3) is 0.750. The summed E-state index contributed by atoms with van der Waals surface area (Å²) in [5.41, 5.74) is 4.33. The van der Waals surface area contributed by atoms with E-state index in [4.69, 9.17) is 0 Å². The van der Waals surface area contributed by atoms with Crippen LogP contribution >= 0.6 is 0 Å². The number of carbonyl (C=O) groups is 1. The summed E-state index contributed by atoms with van der Waals surface area (Å²) >= 11 is 0. The van der Waals surface area contributed by atoms with Crippen LogP contribution in [0.2, 0.25) is 0 Å². The molecule has 0 aliphatic carbocycles. The molecule has 0 aromatic carbocycles. The molecule has 0 unspecified atom stereocenters. The Balaban J connectivity index is 3.85. The lowest BCUT2D eigenvalue weighted by Crippen LogP contribution is -2.32. The van der Waals surface area contributed by atoms with Crippen LogP contribution in [0.4, 0.5) is 18.0 Å². The van der Waals surface area contributed by atoms with E-state index in [0.717, 1.165) is 0 Å². The summed E-state index contributed by atoms with van der Waals surface area (Å²) in [5.74, 6) is 0. The Hall–Kier alpha value is -0.940. The van der Waals surface area contributed by atoms with Gasteiger partial charge in [0.15, 0.2) is 6.10 Å². The largest absolute Gasteiger partial charge is 0.437 e. The number of ether oxygens (including phenoxy) is 1. The molecule has 0 bridgehead atoms. The summed E-state index contributed by atoms with van der Waals surface area (Å²) in [4.78, 5) is 9.76. The molecule has 2 N–H and O–H groups in total. The molecule has 0 aliphatic heterocycles. The number of nitrogens with two attached hydrogens (primary N) is 1. The number of amides is 1. The van der Waals surface area contributed by atoms with Crippen LogP contribution in [-0.4, -0.2) is 18.4 Å². The zero-order valence-corrected chi connectivity index (χ0v) is 5.11. The topological polar surface area (TPSA) is 52.3 Å². The molecule has 0 fully saturated rings. The number of alkyl halides is 3. The maximum absolute atomic E-state index is 11.5. The fourth-order valence-electron chi connectivity index (χ4n) is 0.241. The standard InChI is InChI=1S/C4H6F3NO2/c1-2(4(5,6)7)10-3(8)9/h2H,1H3,(H2,8,9)/t2-/m0/s1. The van der Waals surface area contributed by atoms with E-state index in [0.29, 0.717) is 6.92 Å². The SMILES string of the molecule is C[C@H](OC(N)=O)C(F)(F)F. The normalized spacial score (nSPS) is 14.4. The van der Waals surface area contributed by atoms with Crippen molar-refractivity contribution < 1.29 is 22.7 Å². The number of rotatable bonds is 1. The van der Waals surface area contributed by atoms with Gasteiger partial charge in [0.25, 0.3) is 0 Å². The van der Waals surface area contributed by atoms with E-state index in [2.05, 4.69) is 10.5 Å². The lowest BCUT2D eigenvalue weighted by Gasteiger charge is -2.13. The molecule has 0 saturated heterocycles. The molecule has 0 aliphatic rings. The van der Waals surface area contributed by atoms with Crippen LogP contribution in [0.1, 0.15) is 6.92 Å². The Morgan fingerprint density at radius 3 is 2.10 bits per heavy atom. The molecule has 6 heteroatoms. The highest BCUT2D eigenvalue weighted by atomic mass is 19.4. The van der Waals surface area contributed by atoms with E-state index >= 15 is 0 Å². The Morgan fingerprint density at radius 1 is 1.60 bits per heavy atom.